The molecule has 0 saturated carbocycles. The zero-order valence-corrected chi connectivity index (χ0v) is 17.1. The minimum Gasteiger partial charge on any atom is -0.383 e. The quantitative estimate of drug-likeness (QED) is 0.734. The van der Waals surface area contributed by atoms with Gasteiger partial charge in [-0.15, -0.1) is 0 Å². The van der Waals surface area contributed by atoms with Crippen LogP contribution in [0.4, 0.5) is 24.7 Å². The highest BCUT2D eigenvalue weighted by Crippen LogP contribution is 2.35. The zero-order chi connectivity index (χ0) is 21.3. The van der Waals surface area contributed by atoms with Gasteiger partial charge in [0.25, 0.3) is 0 Å². The fourth-order valence-electron chi connectivity index (χ4n) is 4.21. The number of rotatable bonds is 5. The second kappa shape index (κ2) is 8.91. The number of hydrogen-bond donors (Lipinski definition) is 1. The lowest BCUT2D eigenvalue weighted by Gasteiger charge is -2.37. The SMILES string of the molecule is Cc1nc(N)c2c(F)c(F)c(N3CCN(CCCN4CCOCC4)CC3)c(F)c2n1. The number of benzene rings is 1. The van der Waals surface area contributed by atoms with E-state index < -0.39 is 22.8 Å². The Morgan fingerprint density at radius 1 is 0.867 bits per heavy atom. The van der Waals surface area contributed by atoms with Gasteiger partial charge in [-0.3, -0.25) is 9.80 Å². The summed E-state index contributed by atoms with van der Waals surface area (Å²) in [7, 11) is 0. The van der Waals surface area contributed by atoms with Gasteiger partial charge >= 0.3 is 0 Å². The number of nitrogen functional groups attached to an aromatic ring is 1. The first-order valence-corrected chi connectivity index (χ1v) is 10.3. The molecule has 30 heavy (non-hydrogen) atoms. The minimum atomic E-state index is -1.24. The number of aryl methyl sites for hydroxylation is 1. The Balaban J connectivity index is 1.43. The number of anilines is 2. The number of hydrogen-bond acceptors (Lipinski definition) is 7. The van der Waals surface area contributed by atoms with E-state index in [1.54, 1.807) is 4.90 Å². The second-order valence-electron chi connectivity index (χ2n) is 7.81. The molecule has 0 spiro atoms. The van der Waals surface area contributed by atoms with E-state index >= 15 is 4.39 Å². The van der Waals surface area contributed by atoms with Crippen LogP contribution in [0.25, 0.3) is 10.9 Å². The van der Waals surface area contributed by atoms with Gasteiger partial charge in [-0.05, 0) is 26.4 Å². The molecule has 0 atom stereocenters. The van der Waals surface area contributed by atoms with E-state index in [1.807, 2.05) is 0 Å². The predicted octanol–water partition coefficient (Wildman–Crippen LogP) is 1.78. The van der Waals surface area contributed by atoms with Crippen LogP contribution in [0.1, 0.15) is 12.2 Å². The summed E-state index contributed by atoms with van der Waals surface area (Å²) in [4.78, 5) is 14.0. The molecule has 0 radical (unpaired) electrons. The Morgan fingerprint density at radius 2 is 1.50 bits per heavy atom. The maximum atomic E-state index is 15.1. The van der Waals surface area contributed by atoms with Crippen molar-refractivity contribution in [3.05, 3.63) is 23.3 Å². The van der Waals surface area contributed by atoms with Gasteiger partial charge in [-0.1, -0.05) is 0 Å². The summed E-state index contributed by atoms with van der Waals surface area (Å²) in [5.74, 6) is -3.38. The van der Waals surface area contributed by atoms with Crippen LogP contribution < -0.4 is 10.6 Å². The topological polar surface area (TPSA) is 70.8 Å². The number of aromatic nitrogens is 2. The first kappa shape index (κ1) is 21.1. The van der Waals surface area contributed by atoms with Crippen molar-refractivity contribution in [2.45, 2.75) is 13.3 Å². The summed E-state index contributed by atoms with van der Waals surface area (Å²) in [5, 5.41) is -0.402. The molecule has 4 rings (SSSR count). The van der Waals surface area contributed by atoms with Crippen molar-refractivity contribution >= 4 is 22.4 Å². The summed E-state index contributed by atoms with van der Waals surface area (Å²) < 4.78 is 49.9. The largest absolute Gasteiger partial charge is 0.383 e. The number of ether oxygens (including phenoxy) is 1. The molecule has 2 aliphatic heterocycles. The molecule has 0 bridgehead atoms. The van der Waals surface area contributed by atoms with Crippen molar-refractivity contribution in [2.24, 2.45) is 0 Å². The van der Waals surface area contributed by atoms with E-state index in [1.165, 1.54) is 6.92 Å². The van der Waals surface area contributed by atoms with Gasteiger partial charge < -0.3 is 15.4 Å². The number of piperazine rings is 1. The third-order valence-electron chi connectivity index (χ3n) is 5.83. The van der Waals surface area contributed by atoms with Crippen molar-refractivity contribution in [3.63, 3.8) is 0 Å². The van der Waals surface area contributed by atoms with Crippen LogP contribution in [-0.4, -0.2) is 85.3 Å². The van der Waals surface area contributed by atoms with Crippen LogP contribution in [0, 0.1) is 24.4 Å². The van der Waals surface area contributed by atoms with E-state index in [4.69, 9.17) is 10.5 Å². The summed E-state index contributed by atoms with van der Waals surface area (Å²) in [6.45, 7) is 9.12. The first-order chi connectivity index (χ1) is 14.5. The van der Waals surface area contributed by atoms with E-state index in [0.717, 1.165) is 45.8 Å². The standard InChI is InChI=1S/C20H27F3N6O/c1-13-25-18-14(20(24)26-13)15(21)16(22)19(17(18)23)29-7-5-27(6-8-29)3-2-4-28-9-11-30-12-10-28/h2-12H2,1H3,(H2,24,25,26). The summed E-state index contributed by atoms with van der Waals surface area (Å²) in [6, 6.07) is 0. The Bertz CT molecular complexity index is 914. The zero-order valence-electron chi connectivity index (χ0n) is 17.1. The van der Waals surface area contributed by atoms with Crippen LogP contribution in [0.2, 0.25) is 0 Å². The molecule has 2 aliphatic rings. The van der Waals surface area contributed by atoms with Crippen molar-refractivity contribution in [1.82, 2.24) is 19.8 Å². The van der Waals surface area contributed by atoms with Crippen LogP contribution >= 0.6 is 0 Å². The molecule has 0 amide bonds. The molecule has 10 heteroatoms. The molecular formula is C20H27F3N6O. The molecule has 1 aromatic carbocycles. The Hall–Kier alpha value is -2.17. The number of halogens is 3. The number of nitrogens with two attached hydrogens (primary N) is 1. The first-order valence-electron chi connectivity index (χ1n) is 10.3. The van der Waals surface area contributed by atoms with Gasteiger partial charge in [0.15, 0.2) is 17.5 Å². The molecule has 0 unspecified atom stereocenters. The second-order valence-corrected chi connectivity index (χ2v) is 7.81. The van der Waals surface area contributed by atoms with Crippen molar-refractivity contribution < 1.29 is 17.9 Å². The van der Waals surface area contributed by atoms with Gasteiger partial charge in [0.05, 0.1) is 18.6 Å². The van der Waals surface area contributed by atoms with Crippen LogP contribution in [-0.2, 0) is 4.74 Å². The fraction of sp³-hybridized carbons (Fsp3) is 0.600. The van der Waals surface area contributed by atoms with Crippen LogP contribution in [0.3, 0.4) is 0 Å². The van der Waals surface area contributed by atoms with Gasteiger partial charge in [0, 0.05) is 39.3 Å². The highest BCUT2D eigenvalue weighted by atomic mass is 19.2. The average molecular weight is 424 g/mol. The molecule has 2 saturated heterocycles. The van der Waals surface area contributed by atoms with Crippen molar-refractivity contribution in [1.29, 1.82) is 0 Å². The molecule has 2 N–H and O–H groups in total. The van der Waals surface area contributed by atoms with Crippen LogP contribution in [0.15, 0.2) is 0 Å². The van der Waals surface area contributed by atoms with E-state index in [0.29, 0.717) is 26.2 Å². The van der Waals surface area contributed by atoms with Gasteiger partial charge in [0.1, 0.15) is 22.8 Å². The molecular weight excluding hydrogens is 397 g/mol. The fourth-order valence-corrected chi connectivity index (χ4v) is 4.21. The van der Waals surface area contributed by atoms with E-state index in [2.05, 4.69) is 19.8 Å². The van der Waals surface area contributed by atoms with E-state index in [-0.39, 0.29) is 22.8 Å². The Kier molecular flexibility index (Phi) is 6.26. The maximum absolute atomic E-state index is 15.1. The smallest absolute Gasteiger partial charge is 0.186 e. The highest BCUT2D eigenvalue weighted by Gasteiger charge is 2.29. The molecule has 1 aromatic heterocycles. The monoisotopic (exact) mass is 424 g/mol. The molecule has 164 valence electrons. The summed E-state index contributed by atoms with van der Waals surface area (Å²) in [6.07, 6.45) is 1.03. The van der Waals surface area contributed by atoms with Gasteiger partial charge in [-0.25, -0.2) is 23.1 Å². The number of fused-ring (bicyclic) bond motifs is 1. The lowest BCUT2D eigenvalue weighted by molar-refractivity contribution is 0.0360. The van der Waals surface area contributed by atoms with Gasteiger partial charge in [-0.2, -0.15) is 0 Å². The summed E-state index contributed by atoms with van der Waals surface area (Å²) >= 11 is 0. The van der Waals surface area contributed by atoms with Crippen molar-refractivity contribution in [2.75, 3.05) is 76.2 Å². The molecule has 0 aliphatic carbocycles. The Morgan fingerprint density at radius 3 is 2.17 bits per heavy atom. The number of morpholine rings is 1. The van der Waals surface area contributed by atoms with Crippen molar-refractivity contribution in [3.8, 4) is 0 Å². The summed E-state index contributed by atoms with van der Waals surface area (Å²) in [5.41, 5.74) is 5.04. The minimum absolute atomic E-state index is 0.209. The van der Waals surface area contributed by atoms with Gasteiger partial charge in [0.2, 0.25) is 0 Å². The van der Waals surface area contributed by atoms with E-state index in [9.17, 15) is 8.78 Å². The molecule has 2 fully saturated rings. The number of nitrogens with zero attached hydrogens (tertiary/aromatic N) is 5. The highest BCUT2D eigenvalue weighted by molar-refractivity contribution is 5.92. The Labute approximate surface area is 173 Å². The average Bonchev–Trinajstić information content (AvgIpc) is 2.74. The predicted molar refractivity (Wildman–Crippen MR) is 109 cm³/mol. The lowest BCUT2D eigenvalue weighted by atomic mass is 10.1. The lowest BCUT2D eigenvalue weighted by Crippen LogP contribution is -2.48. The normalized spacial score (nSPS) is 19.0. The molecule has 2 aromatic rings. The molecule has 3 heterocycles. The van der Waals surface area contributed by atoms with Crippen LogP contribution in [0.5, 0.6) is 0 Å². The third kappa shape index (κ3) is 4.17. The maximum Gasteiger partial charge on any atom is 0.186 e. The third-order valence-corrected chi connectivity index (χ3v) is 5.83. The molecule has 7 nitrogen and oxygen atoms in total.